The fourth-order valence-corrected chi connectivity index (χ4v) is 6.63. The number of pyridine rings is 3. The second-order valence-corrected chi connectivity index (χ2v) is 12.7. The SMILES string of the molecule is CC(C)c1cccc(C(C)C)c1-c1ccnc(-c2[c-]c(Oc3[c-]c(-c4ccccn4)c4c(ccn5c6ccccc6nc45)c3)ccc2)c1.[Pt+2]. The summed E-state index contributed by atoms with van der Waals surface area (Å²) in [4.78, 5) is 14.5. The van der Waals surface area contributed by atoms with Gasteiger partial charge in [0.15, 0.2) is 0 Å². The number of nitrogens with zero attached hydrogens (tertiary/aromatic N) is 4. The molecular formula is C43H34N4OPt. The van der Waals surface area contributed by atoms with Crippen molar-refractivity contribution in [3.05, 3.63) is 145 Å². The minimum atomic E-state index is 0. The van der Waals surface area contributed by atoms with Crippen molar-refractivity contribution >= 4 is 27.5 Å². The Kier molecular flexibility index (Phi) is 8.88. The summed E-state index contributed by atoms with van der Waals surface area (Å²) in [5.41, 5.74) is 11.3. The van der Waals surface area contributed by atoms with Crippen LogP contribution in [0.25, 0.3) is 61.1 Å². The van der Waals surface area contributed by atoms with Gasteiger partial charge in [-0.3, -0.25) is 0 Å². The van der Waals surface area contributed by atoms with E-state index in [4.69, 9.17) is 14.7 Å². The zero-order chi connectivity index (χ0) is 32.8. The molecule has 6 heteroatoms. The van der Waals surface area contributed by atoms with Crippen molar-refractivity contribution in [2.75, 3.05) is 0 Å². The third kappa shape index (κ3) is 6.04. The molecule has 8 aromatic rings. The Morgan fingerprint density at radius 1 is 0.673 bits per heavy atom. The Morgan fingerprint density at radius 3 is 2.20 bits per heavy atom. The first-order valence-corrected chi connectivity index (χ1v) is 16.4. The molecule has 242 valence electrons. The topological polar surface area (TPSA) is 52.3 Å². The fraction of sp³-hybridized carbons (Fsp3) is 0.140. The van der Waals surface area contributed by atoms with Crippen LogP contribution in [0.2, 0.25) is 0 Å². The van der Waals surface area contributed by atoms with E-state index in [0.29, 0.717) is 23.3 Å². The molecule has 4 aromatic carbocycles. The molecule has 0 N–H and O–H groups in total. The van der Waals surface area contributed by atoms with E-state index in [1.807, 2.05) is 66.9 Å². The van der Waals surface area contributed by atoms with Crippen molar-refractivity contribution in [2.45, 2.75) is 39.5 Å². The number of fused-ring (bicyclic) bond motifs is 5. The largest absolute Gasteiger partial charge is 2.00 e. The van der Waals surface area contributed by atoms with Crippen molar-refractivity contribution in [2.24, 2.45) is 0 Å². The summed E-state index contributed by atoms with van der Waals surface area (Å²) in [5, 5.41) is 1.96. The molecule has 4 heterocycles. The normalized spacial score (nSPS) is 11.5. The summed E-state index contributed by atoms with van der Waals surface area (Å²) in [7, 11) is 0. The van der Waals surface area contributed by atoms with Gasteiger partial charge < -0.3 is 19.1 Å². The molecule has 0 saturated carbocycles. The molecule has 5 nitrogen and oxygen atoms in total. The first-order valence-electron chi connectivity index (χ1n) is 16.4. The average molecular weight is 818 g/mol. The molecule has 0 bridgehead atoms. The molecule has 0 radical (unpaired) electrons. The van der Waals surface area contributed by atoms with E-state index in [-0.39, 0.29) is 21.1 Å². The minimum absolute atomic E-state index is 0. The number of hydrogen-bond donors (Lipinski definition) is 0. The number of benzene rings is 4. The van der Waals surface area contributed by atoms with Crippen LogP contribution in [0.5, 0.6) is 11.5 Å². The van der Waals surface area contributed by atoms with E-state index >= 15 is 0 Å². The first kappa shape index (κ1) is 32.4. The van der Waals surface area contributed by atoms with E-state index in [1.54, 1.807) is 6.20 Å². The Morgan fingerprint density at radius 2 is 1.43 bits per heavy atom. The molecular weight excluding hydrogens is 784 g/mol. The molecule has 0 saturated heterocycles. The Bertz CT molecular complexity index is 2420. The van der Waals surface area contributed by atoms with Crippen molar-refractivity contribution < 1.29 is 25.8 Å². The van der Waals surface area contributed by atoms with Gasteiger partial charge in [0.2, 0.25) is 0 Å². The maximum absolute atomic E-state index is 6.50. The summed E-state index contributed by atoms with van der Waals surface area (Å²) in [5.74, 6) is 1.96. The molecule has 0 fully saturated rings. The second kappa shape index (κ2) is 13.4. The van der Waals surface area contributed by atoms with Crippen LogP contribution in [0, 0.1) is 12.1 Å². The number of para-hydroxylation sites is 2. The van der Waals surface area contributed by atoms with Gasteiger partial charge in [0, 0.05) is 30.1 Å². The summed E-state index contributed by atoms with van der Waals surface area (Å²) in [6.07, 6.45) is 5.75. The fourth-order valence-electron chi connectivity index (χ4n) is 6.63. The summed E-state index contributed by atoms with van der Waals surface area (Å²) in [6.45, 7) is 9.01. The third-order valence-electron chi connectivity index (χ3n) is 8.90. The number of imidazole rings is 1. The summed E-state index contributed by atoms with van der Waals surface area (Å²) < 4.78 is 8.63. The van der Waals surface area contributed by atoms with Crippen molar-refractivity contribution in [1.29, 1.82) is 0 Å². The molecule has 0 aliphatic carbocycles. The molecule has 0 amide bonds. The summed E-state index contributed by atoms with van der Waals surface area (Å²) >= 11 is 0. The van der Waals surface area contributed by atoms with E-state index in [9.17, 15) is 0 Å². The molecule has 0 aliphatic heterocycles. The van der Waals surface area contributed by atoms with Gasteiger partial charge >= 0.3 is 21.1 Å². The minimum Gasteiger partial charge on any atom is -0.497 e. The van der Waals surface area contributed by atoms with Crippen LogP contribution in [0.4, 0.5) is 0 Å². The molecule has 4 aromatic heterocycles. The van der Waals surface area contributed by atoms with Crippen LogP contribution < -0.4 is 4.74 Å². The molecule has 8 rings (SSSR count). The third-order valence-corrected chi connectivity index (χ3v) is 8.90. The number of aromatic nitrogens is 4. The van der Waals surface area contributed by atoms with E-state index in [1.165, 1.54) is 16.7 Å². The van der Waals surface area contributed by atoms with Crippen LogP contribution in [-0.2, 0) is 21.1 Å². The van der Waals surface area contributed by atoms with Crippen LogP contribution in [0.3, 0.4) is 0 Å². The predicted molar refractivity (Wildman–Crippen MR) is 194 cm³/mol. The maximum Gasteiger partial charge on any atom is 2.00 e. The van der Waals surface area contributed by atoms with E-state index in [2.05, 4.69) is 97.9 Å². The Hall–Kier alpha value is -5.12. The molecule has 0 unspecified atom stereocenters. The van der Waals surface area contributed by atoms with Gasteiger partial charge in [0.1, 0.15) is 5.65 Å². The molecule has 49 heavy (non-hydrogen) atoms. The average Bonchev–Trinajstić information content (AvgIpc) is 3.50. The zero-order valence-corrected chi connectivity index (χ0v) is 30.0. The van der Waals surface area contributed by atoms with Gasteiger partial charge in [-0.2, -0.15) is 0 Å². The van der Waals surface area contributed by atoms with E-state index in [0.717, 1.165) is 55.5 Å². The van der Waals surface area contributed by atoms with Crippen LogP contribution in [-0.4, -0.2) is 19.4 Å². The van der Waals surface area contributed by atoms with E-state index < -0.39 is 0 Å². The molecule has 0 spiro atoms. The van der Waals surface area contributed by atoms with Crippen molar-refractivity contribution in [1.82, 2.24) is 19.4 Å². The summed E-state index contributed by atoms with van der Waals surface area (Å²) in [6, 6.07) is 42.1. The van der Waals surface area contributed by atoms with Gasteiger partial charge in [-0.15, -0.1) is 29.3 Å². The van der Waals surface area contributed by atoms with Crippen molar-refractivity contribution in [3.8, 4) is 45.1 Å². The predicted octanol–water partition coefficient (Wildman–Crippen LogP) is 11.1. The first-order chi connectivity index (χ1) is 23.4. The second-order valence-electron chi connectivity index (χ2n) is 12.7. The number of ether oxygens (including phenoxy) is 1. The number of hydrogen-bond acceptors (Lipinski definition) is 4. The smallest absolute Gasteiger partial charge is 0.497 e. The monoisotopic (exact) mass is 817 g/mol. The quantitative estimate of drug-likeness (QED) is 0.150. The van der Waals surface area contributed by atoms with Gasteiger partial charge in [0.25, 0.3) is 0 Å². The van der Waals surface area contributed by atoms with Crippen LogP contribution in [0.1, 0.15) is 50.7 Å². The molecule has 0 aliphatic rings. The van der Waals surface area contributed by atoms with Gasteiger partial charge in [-0.05, 0) is 69.7 Å². The molecule has 0 atom stereocenters. The zero-order valence-electron chi connectivity index (χ0n) is 27.7. The van der Waals surface area contributed by atoms with Gasteiger partial charge in [0.05, 0.1) is 11.0 Å². The maximum atomic E-state index is 6.50. The Balaban J connectivity index is 0.00000378. The van der Waals surface area contributed by atoms with Gasteiger partial charge in [-0.1, -0.05) is 111 Å². The van der Waals surface area contributed by atoms with Crippen LogP contribution >= 0.6 is 0 Å². The number of rotatable bonds is 7. The standard InChI is InChI=1S/C43H34N4O.Pt/c1-27(2)34-13-10-14-35(28(3)4)41(34)30-18-21-45-39(25-30)29-11-9-12-32(23-29)48-33-24-31-19-22-47-40-17-6-5-16-38(40)46-43(47)42(31)36(26-33)37-15-7-8-20-44-37;/h5-22,24-25,27-28H,1-4H3;/q-2;+2. The van der Waals surface area contributed by atoms with Crippen molar-refractivity contribution in [3.63, 3.8) is 0 Å². The van der Waals surface area contributed by atoms with Gasteiger partial charge in [-0.25, -0.2) is 4.98 Å². The Labute approximate surface area is 300 Å². The van der Waals surface area contributed by atoms with Crippen LogP contribution in [0.15, 0.2) is 122 Å².